The predicted octanol–water partition coefficient (Wildman–Crippen LogP) is -1.17. The summed E-state index contributed by atoms with van der Waals surface area (Å²) in [6.07, 6.45) is 0. The zero-order chi connectivity index (χ0) is 11.5. The zero-order valence-electron chi connectivity index (χ0n) is 9.53. The van der Waals surface area contributed by atoms with E-state index >= 15 is 0 Å². The summed E-state index contributed by atoms with van der Waals surface area (Å²) in [6, 6.07) is 0.0937. The molecular weight excluding hydrogens is 208 g/mol. The third-order valence-corrected chi connectivity index (χ3v) is 3.14. The number of imide groups is 1. The monoisotopic (exact) mass is 226 g/mol. The number of nitrogens with zero attached hydrogens (tertiary/aromatic N) is 2. The van der Waals surface area contributed by atoms with Crippen molar-refractivity contribution in [2.75, 3.05) is 39.3 Å². The van der Waals surface area contributed by atoms with E-state index in [2.05, 4.69) is 22.5 Å². The molecule has 0 aromatic heterocycles. The first kappa shape index (κ1) is 11.3. The van der Waals surface area contributed by atoms with Gasteiger partial charge in [-0.05, 0) is 6.92 Å². The lowest BCUT2D eigenvalue weighted by molar-refractivity contribution is -0.129. The molecule has 0 radical (unpaired) electrons. The minimum absolute atomic E-state index is 0.0937. The maximum Gasteiger partial charge on any atom is 0.324 e. The Labute approximate surface area is 95.0 Å². The van der Waals surface area contributed by atoms with Crippen LogP contribution in [0.15, 0.2) is 0 Å². The quantitative estimate of drug-likeness (QED) is 0.623. The van der Waals surface area contributed by atoms with E-state index in [0.717, 1.165) is 19.6 Å². The molecule has 2 aliphatic rings. The molecule has 2 fully saturated rings. The van der Waals surface area contributed by atoms with Crippen molar-refractivity contribution < 1.29 is 9.59 Å². The molecule has 2 aliphatic heterocycles. The molecular formula is C10H18N4O2. The number of urea groups is 1. The highest BCUT2D eigenvalue weighted by Crippen LogP contribution is 2.05. The fraction of sp³-hybridized carbons (Fsp3) is 0.800. The maximum absolute atomic E-state index is 11.9. The minimum Gasteiger partial charge on any atom is -0.336 e. The van der Waals surface area contributed by atoms with Crippen molar-refractivity contribution in [2.24, 2.45) is 0 Å². The van der Waals surface area contributed by atoms with E-state index < -0.39 is 0 Å². The summed E-state index contributed by atoms with van der Waals surface area (Å²) in [7, 11) is 0. The molecule has 16 heavy (non-hydrogen) atoms. The molecule has 2 heterocycles. The van der Waals surface area contributed by atoms with E-state index in [1.54, 1.807) is 0 Å². The summed E-state index contributed by atoms with van der Waals surface area (Å²) >= 11 is 0. The summed E-state index contributed by atoms with van der Waals surface area (Å²) in [5.74, 6) is -0.0937. The maximum atomic E-state index is 11.9. The van der Waals surface area contributed by atoms with E-state index in [4.69, 9.17) is 0 Å². The van der Waals surface area contributed by atoms with Crippen molar-refractivity contribution in [3.05, 3.63) is 0 Å². The fourth-order valence-electron chi connectivity index (χ4n) is 2.09. The molecule has 0 aromatic carbocycles. The van der Waals surface area contributed by atoms with Crippen molar-refractivity contribution >= 4 is 11.9 Å². The van der Waals surface area contributed by atoms with Crippen LogP contribution < -0.4 is 10.6 Å². The Hall–Kier alpha value is -1.14. The normalized spacial score (nSPS) is 26.9. The summed E-state index contributed by atoms with van der Waals surface area (Å²) in [5.41, 5.74) is 0. The Morgan fingerprint density at radius 1 is 1.44 bits per heavy atom. The molecule has 3 amide bonds. The van der Waals surface area contributed by atoms with E-state index in [1.165, 1.54) is 4.90 Å². The first-order valence-electron chi connectivity index (χ1n) is 5.71. The molecule has 2 rings (SSSR count). The van der Waals surface area contributed by atoms with Crippen molar-refractivity contribution in [1.29, 1.82) is 0 Å². The van der Waals surface area contributed by atoms with Crippen molar-refractivity contribution in [2.45, 2.75) is 13.0 Å². The van der Waals surface area contributed by atoms with E-state index in [-0.39, 0.29) is 11.9 Å². The number of amides is 3. The highest BCUT2D eigenvalue weighted by Gasteiger charge is 2.29. The number of piperazine rings is 1. The zero-order valence-corrected chi connectivity index (χ0v) is 9.53. The van der Waals surface area contributed by atoms with Gasteiger partial charge in [-0.3, -0.25) is 14.6 Å². The van der Waals surface area contributed by atoms with Gasteiger partial charge in [-0.2, -0.15) is 0 Å². The first-order chi connectivity index (χ1) is 7.68. The molecule has 0 bridgehead atoms. The fourth-order valence-corrected chi connectivity index (χ4v) is 2.09. The minimum atomic E-state index is -0.257. The van der Waals surface area contributed by atoms with Gasteiger partial charge in [0.25, 0.3) is 0 Å². The third-order valence-electron chi connectivity index (χ3n) is 3.14. The van der Waals surface area contributed by atoms with Crippen LogP contribution in [-0.4, -0.2) is 67.0 Å². The van der Waals surface area contributed by atoms with Gasteiger partial charge in [0.1, 0.15) is 0 Å². The topological polar surface area (TPSA) is 64.7 Å². The SMILES string of the molecule is CC1CNCCN1CC(=O)N1CCNC1=O. The molecule has 0 saturated carbocycles. The van der Waals surface area contributed by atoms with E-state index in [0.29, 0.717) is 25.7 Å². The molecule has 0 aliphatic carbocycles. The lowest BCUT2D eigenvalue weighted by Gasteiger charge is -2.33. The molecule has 2 saturated heterocycles. The van der Waals surface area contributed by atoms with Crippen LogP contribution in [0.1, 0.15) is 6.92 Å². The average molecular weight is 226 g/mol. The van der Waals surface area contributed by atoms with Crippen LogP contribution >= 0.6 is 0 Å². The van der Waals surface area contributed by atoms with Crippen LogP contribution in [-0.2, 0) is 4.79 Å². The Morgan fingerprint density at radius 2 is 2.25 bits per heavy atom. The lowest BCUT2D eigenvalue weighted by atomic mass is 10.2. The molecule has 1 unspecified atom stereocenters. The van der Waals surface area contributed by atoms with Gasteiger partial charge in [0.15, 0.2) is 0 Å². The number of nitrogens with one attached hydrogen (secondary N) is 2. The number of rotatable bonds is 2. The standard InChI is InChI=1S/C10H18N4O2/c1-8-6-11-2-4-13(8)7-9(15)14-5-3-12-10(14)16/h8,11H,2-7H2,1H3,(H,12,16). The third kappa shape index (κ3) is 2.33. The molecule has 0 aromatic rings. The summed E-state index contributed by atoms with van der Waals surface area (Å²) in [4.78, 5) is 26.6. The molecule has 2 N–H and O–H groups in total. The second kappa shape index (κ2) is 4.80. The predicted molar refractivity (Wildman–Crippen MR) is 59.0 cm³/mol. The van der Waals surface area contributed by atoms with Gasteiger partial charge < -0.3 is 10.6 Å². The van der Waals surface area contributed by atoms with Gasteiger partial charge in [-0.25, -0.2) is 4.79 Å². The number of carbonyl (C=O) groups is 2. The van der Waals surface area contributed by atoms with Gasteiger partial charge in [-0.15, -0.1) is 0 Å². The van der Waals surface area contributed by atoms with Gasteiger partial charge in [0, 0.05) is 38.8 Å². The van der Waals surface area contributed by atoms with Crippen molar-refractivity contribution in [1.82, 2.24) is 20.4 Å². The van der Waals surface area contributed by atoms with Crippen molar-refractivity contribution in [3.8, 4) is 0 Å². The van der Waals surface area contributed by atoms with Gasteiger partial charge in [0.05, 0.1) is 6.54 Å². The molecule has 6 heteroatoms. The van der Waals surface area contributed by atoms with Crippen LogP contribution in [0.3, 0.4) is 0 Å². The Kier molecular flexibility index (Phi) is 3.40. The van der Waals surface area contributed by atoms with Gasteiger partial charge in [0.2, 0.25) is 5.91 Å². The summed E-state index contributed by atoms with van der Waals surface area (Å²) < 4.78 is 0. The smallest absolute Gasteiger partial charge is 0.324 e. The van der Waals surface area contributed by atoms with Crippen LogP contribution in [0, 0.1) is 0 Å². The van der Waals surface area contributed by atoms with Crippen LogP contribution in [0.4, 0.5) is 4.79 Å². The number of carbonyl (C=O) groups excluding carboxylic acids is 2. The van der Waals surface area contributed by atoms with Crippen LogP contribution in [0.2, 0.25) is 0 Å². The Bertz CT molecular complexity index is 295. The summed E-state index contributed by atoms with van der Waals surface area (Å²) in [6.45, 7) is 6.17. The largest absolute Gasteiger partial charge is 0.336 e. The summed E-state index contributed by atoms with van der Waals surface area (Å²) in [5, 5.41) is 5.90. The second-order valence-electron chi connectivity index (χ2n) is 4.30. The number of hydrogen-bond acceptors (Lipinski definition) is 4. The highest BCUT2D eigenvalue weighted by atomic mass is 16.2. The molecule has 90 valence electrons. The number of hydrogen-bond donors (Lipinski definition) is 2. The first-order valence-corrected chi connectivity index (χ1v) is 5.71. The average Bonchev–Trinajstić information content (AvgIpc) is 2.68. The highest BCUT2D eigenvalue weighted by molar-refractivity contribution is 5.96. The lowest BCUT2D eigenvalue weighted by Crippen LogP contribution is -2.53. The molecule has 0 spiro atoms. The van der Waals surface area contributed by atoms with Crippen LogP contribution in [0.25, 0.3) is 0 Å². The van der Waals surface area contributed by atoms with Crippen LogP contribution in [0.5, 0.6) is 0 Å². The Morgan fingerprint density at radius 3 is 2.88 bits per heavy atom. The molecule has 1 atom stereocenters. The van der Waals surface area contributed by atoms with Crippen molar-refractivity contribution in [3.63, 3.8) is 0 Å². The van der Waals surface area contributed by atoms with Gasteiger partial charge >= 0.3 is 6.03 Å². The Balaban J connectivity index is 1.88. The van der Waals surface area contributed by atoms with Gasteiger partial charge in [-0.1, -0.05) is 0 Å². The molecule has 6 nitrogen and oxygen atoms in total. The van der Waals surface area contributed by atoms with E-state index in [1.807, 2.05) is 0 Å². The second-order valence-corrected chi connectivity index (χ2v) is 4.30. The van der Waals surface area contributed by atoms with E-state index in [9.17, 15) is 9.59 Å².